The monoisotopic (exact) mass is 418 g/mol. The zero-order valence-electron chi connectivity index (χ0n) is 11.8. The van der Waals surface area contributed by atoms with Gasteiger partial charge >= 0.3 is 0 Å². The molecule has 0 aliphatic carbocycles. The quantitative estimate of drug-likeness (QED) is 0.749. The lowest BCUT2D eigenvalue weighted by molar-refractivity contribution is -0.129. The average molecular weight is 418 g/mol. The molecule has 1 N–H and O–H groups in total. The summed E-state index contributed by atoms with van der Waals surface area (Å²) in [7, 11) is 0. The molecule has 1 heterocycles. The number of nitrogens with one attached hydrogen (secondary N) is 1. The number of halogens is 1. The van der Waals surface area contributed by atoms with Crippen molar-refractivity contribution in [2.75, 3.05) is 29.9 Å². The van der Waals surface area contributed by atoms with Gasteiger partial charge < -0.3 is 10.2 Å². The standard InChI is InChI=1S/C15H19IN2O2S/c16-12-5-4-6-13(9-12)17-14(19)10-21-11-15(20)18-7-2-1-3-8-18/h4-6,9H,1-3,7-8,10-11H2,(H,17,19). The van der Waals surface area contributed by atoms with Crippen LogP contribution in [0.1, 0.15) is 19.3 Å². The molecular weight excluding hydrogens is 399 g/mol. The van der Waals surface area contributed by atoms with Crippen molar-refractivity contribution in [3.63, 3.8) is 0 Å². The van der Waals surface area contributed by atoms with E-state index >= 15 is 0 Å². The van der Waals surface area contributed by atoms with E-state index in [1.165, 1.54) is 18.2 Å². The van der Waals surface area contributed by atoms with Gasteiger partial charge in [0, 0.05) is 22.3 Å². The molecular formula is C15H19IN2O2S. The van der Waals surface area contributed by atoms with Gasteiger partial charge in [0.2, 0.25) is 11.8 Å². The van der Waals surface area contributed by atoms with E-state index < -0.39 is 0 Å². The lowest BCUT2D eigenvalue weighted by atomic mass is 10.1. The van der Waals surface area contributed by atoms with Gasteiger partial charge in [-0.05, 0) is 60.1 Å². The number of benzene rings is 1. The molecule has 2 rings (SSSR count). The third kappa shape index (κ3) is 5.86. The molecule has 4 nitrogen and oxygen atoms in total. The first-order valence-electron chi connectivity index (χ1n) is 7.06. The Bertz CT molecular complexity index is 504. The van der Waals surface area contributed by atoms with E-state index in [2.05, 4.69) is 27.9 Å². The van der Waals surface area contributed by atoms with E-state index in [0.29, 0.717) is 11.5 Å². The Morgan fingerprint density at radius 3 is 2.67 bits per heavy atom. The molecule has 2 amide bonds. The summed E-state index contributed by atoms with van der Waals surface area (Å²) in [6.45, 7) is 1.74. The molecule has 114 valence electrons. The molecule has 0 spiro atoms. The topological polar surface area (TPSA) is 49.4 Å². The SMILES string of the molecule is O=C(CSCC(=O)N1CCCCC1)Nc1cccc(I)c1. The van der Waals surface area contributed by atoms with Crippen LogP contribution in [-0.4, -0.2) is 41.3 Å². The zero-order valence-corrected chi connectivity index (χ0v) is 14.8. The van der Waals surface area contributed by atoms with E-state index in [9.17, 15) is 9.59 Å². The number of rotatable bonds is 5. The third-order valence-corrected chi connectivity index (χ3v) is 4.86. The Labute approximate surface area is 143 Å². The van der Waals surface area contributed by atoms with Crippen molar-refractivity contribution in [2.24, 2.45) is 0 Å². The maximum absolute atomic E-state index is 12.0. The smallest absolute Gasteiger partial charge is 0.234 e. The number of piperidine rings is 1. The highest BCUT2D eigenvalue weighted by Crippen LogP contribution is 2.14. The molecule has 0 unspecified atom stereocenters. The van der Waals surface area contributed by atoms with Gasteiger partial charge in [0.15, 0.2) is 0 Å². The van der Waals surface area contributed by atoms with Crippen LogP contribution in [0.3, 0.4) is 0 Å². The van der Waals surface area contributed by atoms with Crippen molar-refractivity contribution < 1.29 is 9.59 Å². The van der Waals surface area contributed by atoms with Crippen LogP contribution in [0.2, 0.25) is 0 Å². The predicted molar refractivity (Wildman–Crippen MR) is 95.5 cm³/mol. The number of anilines is 1. The Morgan fingerprint density at radius 2 is 1.95 bits per heavy atom. The van der Waals surface area contributed by atoms with Gasteiger partial charge in [0.25, 0.3) is 0 Å². The van der Waals surface area contributed by atoms with Gasteiger partial charge in [0.05, 0.1) is 11.5 Å². The molecule has 1 aromatic carbocycles. The number of carbonyl (C=O) groups excluding carboxylic acids is 2. The summed E-state index contributed by atoms with van der Waals surface area (Å²) in [5.74, 6) is 0.792. The van der Waals surface area contributed by atoms with Gasteiger partial charge in [-0.2, -0.15) is 0 Å². The van der Waals surface area contributed by atoms with E-state index in [1.807, 2.05) is 29.2 Å². The molecule has 1 aliphatic rings. The van der Waals surface area contributed by atoms with Crippen molar-refractivity contribution in [3.8, 4) is 0 Å². The average Bonchev–Trinajstić information content (AvgIpc) is 2.48. The number of likely N-dealkylation sites (tertiary alicyclic amines) is 1. The second-order valence-electron chi connectivity index (χ2n) is 4.99. The summed E-state index contributed by atoms with van der Waals surface area (Å²) in [6.07, 6.45) is 3.42. The normalized spacial score (nSPS) is 14.8. The van der Waals surface area contributed by atoms with Crippen LogP contribution in [0.5, 0.6) is 0 Å². The van der Waals surface area contributed by atoms with Crippen LogP contribution in [-0.2, 0) is 9.59 Å². The second-order valence-corrected chi connectivity index (χ2v) is 7.22. The van der Waals surface area contributed by atoms with Crippen LogP contribution in [0.25, 0.3) is 0 Å². The van der Waals surface area contributed by atoms with Crippen LogP contribution in [0.15, 0.2) is 24.3 Å². The van der Waals surface area contributed by atoms with E-state index in [1.54, 1.807) is 0 Å². The number of thioether (sulfide) groups is 1. The number of hydrogen-bond acceptors (Lipinski definition) is 3. The summed E-state index contributed by atoms with van der Waals surface area (Å²) >= 11 is 3.59. The van der Waals surface area contributed by atoms with Crippen LogP contribution in [0.4, 0.5) is 5.69 Å². The Balaban J connectivity index is 1.68. The van der Waals surface area contributed by atoms with Gasteiger partial charge in [-0.3, -0.25) is 9.59 Å². The minimum absolute atomic E-state index is 0.0616. The maximum atomic E-state index is 12.0. The summed E-state index contributed by atoms with van der Waals surface area (Å²) in [4.78, 5) is 25.7. The first-order chi connectivity index (χ1) is 10.1. The van der Waals surface area contributed by atoms with Crippen LogP contribution >= 0.6 is 34.4 Å². The Hall–Kier alpha value is -0.760. The third-order valence-electron chi connectivity index (χ3n) is 3.28. The van der Waals surface area contributed by atoms with Gasteiger partial charge in [-0.1, -0.05) is 6.07 Å². The van der Waals surface area contributed by atoms with Gasteiger partial charge in [-0.25, -0.2) is 0 Å². The molecule has 1 saturated heterocycles. The van der Waals surface area contributed by atoms with E-state index in [0.717, 1.165) is 35.2 Å². The highest BCUT2D eigenvalue weighted by Gasteiger charge is 2.16. The largest absolute Gasteiger partial charge is 0.342 e. The molecule has 1 fully saturated rings. The lowest BCUT2D eigenvalue weighted by Gasteiger charge is -2.26. The fraction of sp³-hybridized carbons (Fsp3) is 0.467. The maximum Gasteiger partial charge on any atom is 0.234 e. The number of nitrogens with zero attached hydrogens (tertiary/aromatic N) is 1. The number of amides is 2. The molecule has 0 atom stereocenters. The van der Waals surface area contributed by atoms with E-state index in [4.69, 9.17) is 0 Å². The second kappa shape index (κ2) is 8.63. The molecule has 0 bridgehead atoms. The minimum Gasteiger partial charge on any atom is -0.342 e. The van der Waals surface area contributed by atoms with E-state index in [-0.39, 0.29) is 11.8 Å². The Morgan fingerprint density at radius 1 is 1.19 bits per heavy atom. The van der Waals surface area contributed by atoms with Crippen molar-refractivity contribution in [3.05, 3.63) is 27.8 Å². The Kier molecular flexibility index (Phi) is 6.82. The highest BCUT2D eigenvalue weighted by molar-refractivity contribution is 14.1. The minimum atomic E-state index is -0.0616. The molecule has 0 aromatic heterocycles. The molecule has 0 radical (unpaired) electrons. The van der Waals surface area contributed by atoms with Crippen molar-refractivity contribution >= 4 is 51.9 Å². The lowest BCUT2D eigenvalue weighted by Crippen LogP contribution is -2.37. The van der Waals surface area contributed by atoms with Crippen molar-refractivity contribution in [2.45, 2.75) is 19.3 Å². The fourth-order valence-electron chi connectivity index (χ4n) is 2.23. The first kappa shape index (κ1) is 16.6. The summed E-state index contributed by atoms with van der Waals surface area (Å²) in [5.41, 5.74) is 0.801. The van der Waals surface area contributed by atoms with Crippen molar-refractivity contribution in [1.29, 1.82) is 0 Å². The highest BCUT2D eigenvalue weighted by atomic mass is 127. The fourth-order valence-corrected chi connectivity index (χ4v) is 3.49. The number of carbonyl (C=O) groups is 2. The van der Waals surface area contributed by atoms with Crippen LogP contribution < -0.4 is 5.32 Å². The predicted octanol–water partition coefficient (Wildman–Crippen LogP) is 2.98. The molecule has 1 aliphatic heterocycles. The molecule has 1 aromatic rings. The summed E-state index contributed by atoms with van der Waals surface area (Å²) in [6, 6.07) is 7.66. The summed E-state index contributed by atoms with van der Waals surface area (Å²) < 4.78 is 1.08. The van der Waals surface area contributed by atoms with Crippen LogP contribution in [0, 0.1) is 3.57 Å². The zero-order chi connectivity index (χ0) is 15.1. The molecule has 21 heavy (non-hydrogen) atoms. The first-order valence-corrected chi connectivity index (χ1v) is 9.29. The summed E-state index contributed by atoms with van der Waals surface area (Å²) in [5, 5.41) is 2.85. The number of hydrogen-bond donors (Lipinski definition) is 1. The molecule has 6 heteroatoms. The molecule has 0 saturated carbocycles. The van der Waals surface area contributed by atoms with Crippen molar-refractivity contribution in [1.82, 2.24) is 4.90 Å². The van der Waals surface area contributed by atoms with Gasteiger partial charge in [0.1, 0.15) is 0 Å². The van der Waals surface area contributed by atoms with Gasteiger partial charge in [-0.15, -0.1) is 11.8 Å².